The third kappa shape index (κ3) is 3.15. The van der Waals surface area contributed by atoms with Gasteiger partial charge in [-0.3, -0.25) is 5.10 Å². The Balaban J connectivity index is 2.19. The predicted molar refractivity (Wildman–Crippen MR) is 71.7 cm³/mol. The minimum absolute atomic E-state index is 0.0628. The van der Waals surface area contributed by atoms with Gasteiger partial charge in [0.1, 0.15) is 0 Å². The quantitative estimate of drug-likeness (QED) is 0.705. The van der Waals surface area contributed by atoms with Crippen molar-refractivity contribution >= 4 is 10.0 Å². The van der Waals surface area contributed by atoms with Crippen LogP contribution >= 0.6 is 0 Å². The van der Waals surface area contributed by atoms with Crippen molar-refractivity contribution in [2.75, 3.05) is 13.1 Å². The number of terminal acetylenes is 1. The molecular weight excluding hydrogens is 264 g/mol. The molecule has 0 radical (unpaired) electrons. The van der Waals surface area contributed by atoms with Gasteiger partial charge < -0.3 is 5.32 Å². The van der Waals surface area contributed by atoms with Crippen LogP contribution < -0.4 is 5.32 Å². The number of H-pyrrole nitrogens is 1. The van der Waals surface area contributed by atoms with Gasteiger partial charge in [0, 0.05) is 24.7 Å². The molecule has 0 aliphatic heterocycles. The van der Waals surface area contributed by atoms with Crippen LogP contribution in [0.3, 0.4) is 0 Å². The standard InChI is InChI=1S/C12H18N4O2S/c1-3-7-16(4-2)19(17,18)12-10(9-14-15-12)8-13-11-5-6-11/h1,9,11,13H,4-8H2,2H3,(H,14,15). The molecule has 0 amide bonds. The number of nitrogens with one attached hydrogen (secondary N) is 2. The second-order valence-corrected chi connectivity index (χ2v) is 6.39. The lowest BCUT2D eigenvalue weighted by Gasteiger charge is -2.17. The molecule has 1 aromatic heterocycles. The molecule has 1 aromatic rings. The van der Waals surface area contributed by atoms with Crippen LogP contribution in [-0.2, 0) is 16.6 Å². The van der Waals surface area contributed by atoms with E-state index in [0.29, 0.717) is 24.7 Å². The number of aromatic nitrogens is 2. The van der Waals surface area contributed by atoms with E-state index in [1.807, 2.05) is 0 Å². The molecule has 0 atom stereocenters. The number of nitrogens with zero attached hydrogens (tertiary/aromatic N) is 2. The van der Waals surface area contributed by atoms with Crippen LogP contribution in [0.1, 0.15) is 25.3 Å². The van der Waals surface area contributed by atoms with E-state index in [0.717, 1.165) is 12.8 Å². The molecule has 1 aliphatic carbocycles. The SMILES string of the molecule is C#CCN(CC)S(=O)(=O)c1[nH]ncc1CNC1CC1. The summed E-state index contributed by atoms with van der Waals surface area (Å²) < 4.78 is 26.1. The monoisotopic (exact) mass is 282 g/mol. The molecule has 0 saturated heterocycles. The Hall–Kier alpha value is -1.36. The number of hydrogen-bond donors (Lipinski definition) is 2. The second kappa shape index (κ2) is 5.74. The van der Waals surface area contributed by atoms with Gasteiger partial charge in [-0.25, -0.2) is 8.42 Å². The number of sulfonamides is 1. The first kappa shape index (κ1) is 14.1. The van der Waals surface area contributed by atoms with Gasteiger partial charge in [0.25, 0.3) is 10.0 Å². The largest absolute Gasteiger partial charge is 0.310 e. The molecule has 2 N–H and O–H groups in total. The number of aromatic amines is 1. The smallest absolute Gasteiger partial charge is 0.261 e. The molecule has 1 fully saturated rings. The van der Waals surface area contributed by atoms with E-state index in [1.165, 1.54) is 4.31 Å². The van der Waals surface area contributed by atoms with Gasteiger partial charge >= 0.3 is 0 Å². The summed E-state index contributed by atoms with van der Waals surface area (Å²) in [6.45, 7) is 2.66. The summed E-state index contributed by atoms with van der Waals surface area (Å²) in [6.07, 6.45) is 9.05. The Morgan fingerprint density at radius 1 is 1.63 bits per heavy atom. The van der Waals surface area contributed by atoms with Gasteiger partial charge in [0.05, 0.1) is 12.7 Å². The molecule has 0 bridgehead atoms. The zero-order valence-corrected chi connectivity index (χ0v) is 11.7. The summed E-state index contributed by atoms with van der Waals surface area (Å²) in [5, 5.41) is 9.83. The minimum Gasteiger partial charge on any atom is -0.310 e. The maximum atomic E-state index is 12.4. The predicted octanol–water partition coefficient (Wildman–Crippen LogP) is 0.305. The Morgan fingerprint density at radius 3 is 2.95 bits per heavy atom. The fourth-order valence-electron chi connectivity index (χ4n) is 1.79. The molecule has 104 valence electrons. The Labute approximate surface area is 113 Å². The van der Waals surface area contributed by atoms with Crippen LogP contribution in [0.15, 0.2) is 11.2 Å². The van der Waals surface area contributed by atoms with E-state index >= 15 is 0 Å². The summed E-state index contributed by atoms with van der Waals surface area (Å²) in [7, 11) is -3.60. The minimum atomic E-state index is -3.60. The first-order valence-electron chi connectivity index (χ1n) is 6.28. The van der Waals surface area contributed by atoms with Crippen molar-refractivity contribution in [1.29, 1.82) is 0 Å². The van der Waals surface area contributed by atoms with Crippen LogP contribution in [0.2, 0.25) is 0 Å². The number of rotatable bonds is 7. The maximum absolute atomic E-state index is 12.4. The average molecular weight is 282 g/mol. The maximum Gasteiger partial charge on any atom is 0.261 e. The van der Waals surface area contributed by atoms with E-state index in [4.69, 9.17) is 6.42 Å². The average Bonchev–Trinajstić information content (AvgIpc) is 3.09. The van der Waals surface area contributed by atoms with Gasteiger partial charge in [-0.05, 0) is 12.8 Å². The lowest BCUT2D eigenvalue weighted by molar-refractivity contribution is 0.459. The molecule has 1 aliphatic rings. The highest BCUT2D eigenvalue weighted by molar-refractivity contribution is 7.89. The molecule has 0 aromatic carbocycles. The third-order valence-corrected chi connectivity index (χ3v) is 4.99. The fourth-order valence-corrected chi connectivity index (χ4v) is 3.25. The summed E-state index contributed by atoms with van der Waals surface area (Å²) in [6, 6.07) is 0.512. The van der Waals surface area contributed by atoms with Crippen molar-refractivity contribution in [3.63, 3.8) is 0 Å². The van der Waals surface area contributed by atoms with Crippen LogP contribution in [-0.4, -0.2) is 42.1 Å². The van der Waals surface area contributed by atoms with Gasteiger partial charge in [0.15, 0.2) is 5.03 Å². The van der Waals surface area contributed by atoms with E-state index in [2.05, 4.69) is 21.4 Å². The van der Waals surface area contributed by atoms with Crippen molar-refractivity contribution in [2.24, 2.45) is 0 Å². The second-order valence-electron chi connectivity index (χ2n) is 4.51. The van der Waals surface area contributed by atoms with Crippen LogP contribution in [0.25, 0.3) is 0 Å². The normalized spacial score (nSPS) is 15.6. The Morgan fingerprint density at radius 2 is 2.37 bits per heavy atom. The molecule has 0 unspecified atom stereocenters. The topological polar surface area (TPSA) is 78.1 Å². The first-order valence-corrected chi connectivity index (χ1v) is 7.72. The lowest BCUT2D eigenvalue weighted by Crippen LogP contribution is -2.32. The van der Waals surface area contributed by atoms with Gasteiger partial charge in [-0.2, -0.15) is 9.40 Å². The summed E-state index contributed by atoms with van der Waals surface area (Å²) in [4.78, 5) is 0. The zero-order valence-electron chi connectivity index (χ0n) is 10.9. The summed E-state index contributed by atoms with van der Waals surface area (Å²) in [5.74, 6) is 2.36. The Kier molecular flexibility index (Phi) is 4.24. The van der Waals surface area contributed by atoms with Crippen molar-refractivity contribution in [3.8, 4) is 12.3 Å². The van der Waals surface area contributed by atoms with E-state index < -0.39 is 10.0 Å². The molecule has 2 rings (SSSR count). The van der Waals surface area contributed by atoms with E-state index in [9.17, 15) is 8.42 Å². The summed E-state index contributed by atoms with van der Waals surface area (Å²) >= 11 is 0. The highest BCUT2D eigenvalue weighted by Crippen LogP contribution is 2.21. The van der Waals surface area contributed by atoms with Crippen LogP contribution in [0.5, 0.6) is 0 Å². The molecule has 1 heterocycles. The lowest BCUT2D eigenvalue weighted by atomic mass is 10.3. The van der Waals surface area contributed by atoms with Crippen molar-refractivity contribution in [3.05, 3.63) is 11.8 Å². The van der Waals surface area contributed by atoms with Crippen LogP contribution in [0, 0.1) is 12.3 Å². The van der Waals surface area contributed by atoms with Crippen molar-refractivity contribution in [2.45, 2.75) is 37.4 Å². The highest BCUT2D eigenvalue weighted by Gasteiger charge is 2.28. The first-order chi connectivity index (χ1) is 9.09. The molecule has 7 heteroatoms. The van der Waals surface area contributed by atoms with Gasteiger partial charge in [-0.1, -0.05) is 12.8 Å². The van der Waals surface area contributed by atoms with Gasteiger partial charge in [-0.15, -0.1) is 6.42 Å². The fraction of sp³-hybridized carbons (Fsp3) is 0.583. The molecule has 6 nitrogen and oxygen atoms in total. The molecule has 1 saturated carbocycles. The zero-order chi connectivity index (χ0) is 13.9. The van der Waals surface area contributed by atoms with Crippen molar-refractivity contribution < 1.29 is 8.42 Å². The summed E-state index contributed by atoms with van der Waals surface area (Å²) in [5.41, 5.74) is 0.655. The van der Waals surface area contributed by atoms with Crippen LogP contribution in [0.4, 0.5) is 0 Å². The van der Waals surface area contributed by atoms with E-state index in [1.54, 1.807) is 13.1 Å². The van der Waals surface area contributed by atoms with Gasteiger partial charge in [0.2, 0.25) is 0 Å². The third-order valence-electron chi connectivity index (χ3n) is 3.05. The molecule has 0 spiro atoms. The number of hydrogen-bond acceptors (Lipinski definition) is 4. The van der Waals surface area contributed by atoms with E-state index in [-0.39, 0.29) is 11.6 Å². The molecule has 19 heavy (non-hydrogen) atoms. The van der Waals surface area contributed by atoms with Crippen molar-refractivity contribution in [1.82, 2.24) is 19.8 Å². The molecular formula is C12H18N4O2S. The highest BCUT2D eigenvalue weighted by atomic mass is 32.2. The Bertz CT molecular complexity index is 569.